The van der Waals surface area contributed by atoms with Crippen molar-refractivity contribution in [2.75, 3.05) is 13.6 Å². The number of halogens is 2. The van der Waals surface area contributed by atoms with Gasteiger partial charge in [-0.05, 0) is 40.8 Å². The van der Waals surface area contributed by atoms with Crippen molar-refractivity contribution in [3.8, 4) is 0 Å². The van der Waals surface area contributed by atoms with Crippen molar-refractivity contribution >= 4 is 30.7 Å². The van der Waals surface area contributed by atoms with Gasteiger partial charge < -0.3 is 10.6 Å². The van der Waals surface area contributed by atoms with Crippen LogP contribution in [0.25, 0.3) is 0 Å². The lowest BCUT2D eigenvalue weighted by molar-refractivity contribution is -0.124. The summed E-state index contributed by atoms with van der Waals surface area (Å²) in [7, 11) is 1.88. The van der Waals surface area contributed by atoms with Crippen LogP contribution in [0.5, 0.6) is 0 Å². The molecule has 5 nitrogen and oxygen atoms in total. The van der Waals surface area contributed by atoms with Gasteiger partial charge in [0.1, 0.15) is 6.04 Å². The first-order valence-electron chi connectivity index (χ1n) is 5.93. The average Bonchev–Trinajstić information content (AvgIpc) is 2.63. The van der Waals surface area contributed by atoms with Crippen molar-refractivity contribution < 1.29 is 4.79 Å². The number of hydrogen-bond acceptors (Lipinski definition) is 3. The van der Waals surface area contributed by atoms with E-state index in [-0.39, 0.29) is 42.8 Å². The average molecular weight is 311 g/mol. The van der Waals surface area contributed by atoms with E-state index in [2.05, 4.69) is 15.7 Å². The molecule has 2 atom stereocenters. The second-order valence-electron chi connectivity index (χ2n) is 4.48. The van der Waals surface area contributed by atoms with Crippen LogP contribution in [-0.2, 0) is 4.79 Å². The predicted octanol–water partition coefficient (Wildman–Crippen LogP) is 1.63. The number of likely N-dealkylation sites (N-methyl/N-ethyl adjacent to an activating group) is 1. The minimum atomic E-state index is -0.271. The minimum absolute atomic E-state index is 0. The fourth-order valence-corrected chi connectivity index (χ4v) is 1.65. The predicted molar refractivity (Wildman–Crippen MR) is 82.4 cm³/mol. The van der Waals surface area contributed by atoms with E-state index in [4.69, 9.17) is 0 Å². The highest BCUT2D eigenvalue weighted by Gasteiger charge is 2.17. The van der Waals surface area contributed by atoms with Crippen molar-refractivity contribution in [3.63, 3.8) is 0 Å². The fourth-order valence-electron chi connectivity index (χ4n) is 1.65. The third-order valence-electron chi connectivity index (χ3n) is 2.87. The lowest BCUT2D eigenvalue weighted by Gasteiger charge is -2.16. The molecule has 2 unspecified atom stereocenters. The van der Waals surface area contributed by atoms with E-state index in [0.717, 1.165) is 11.4 Å². The zero-order valence-corrected chi connectivity index (χ0v) is 13.7. The van der Waals surface area contributed by atoms with E-state index in [0.29, 0.717) is 6.54 Å². The summed E-state index contributed by atoms with van der Waals surface area (Å²) in [6.45, 7) is 8.39. The van der Waals surface area contributed by atoms with Gasteiger partial charge in [-0.15, -0.1) is 24.8 Å². The van der Waals surface area contributed by atoms with Gasteiger partial charge in [0.15, 0.2) is 0 Å². The maximum atomic E-state index is 11.9. The molecule has 0 aromatic carbocycles. The Bertz CT molecular complexity index is 395. The lowest BCUT2D eigenvalue weighted by atomic mass is 10.2. The first kappa shape index (κ1) is 20.5. The second kappa shape index (κ2) is 9.18. The summed E-state index contributed by atoms with van der Waals surface area (Å²) in [5, 5.41) is 10.3. The Kier molecular flexibility index (Phi) is 9.92. The molecule has 19 heavy (non-hydrogen) atoms. The molecular weight excluding hydrogens is 287 g/mol. The van der Waals surface area contributed by atoms with Crippen LogP contribution in [0.2, 0.25) is 0 Å². The number of carbonyl (C=O) groups excluding carboxylic acids is 1. The van der Waals surface area contributed by atoms with Crippen molar-refractivity contribution in [2.24, 2.45) is 0 Å². The molecular formula is C12H24Cl2N4O. The Balaban J connectivity index is 0. The molecule has 112 valence electrons. The van der Waals surface area contributed by atoms with Crippen LogP contribution < -0.4 is 10.6 Å². The van der Waals surface area contributed by atoms with Gasteiger partial charge in [-0.25, -0.2) is 0 Å². The first-order valence-corrected chi connectivity index (χ1v) is 5.93. The summed E-state index contributed by atoms with van der Waals surface area (Å²) in [5.41, 5.74) is 1.94. The summed E-state index contributed by atoms with van der Waals surface area (Å²) >= 11 is 0. The normalized spacial score (nSPS) is 12.9. The molecule has 1 amide bonds. The van der Waals surface area contributed by atoms with Crippen molar-refractivity contribution in [3.05, 3.63) is 17.5 Å². The fraction of sp³-hybridized carbons (Fsp3) is 0.667. The van der Waals surface area contributed by atoms with E-state index in [1.165, 1.54) is 0 Å². The number of nitrogens with zero attached hydrogens (tertiary/aromatic N) is 2. The van der Waals surface area contributed by atoms with Gasteiger partial charge in [0.2, 0.25) is 5.91 Å². The molecule has 1 heterocycles. The molecule has 0 saturated heterocycles. The molecule has 0 saturated carbocycles. The highest BCUT2D eigenvalue weighted by Crippen LogP contribution is 2.10. The number of rotatable bonds is 5. The van der Waals surface area contributed by atoms with E-state index >= 15 is 0 Å². The molecule has 0 fully saturated rings. The standard InChI is InChI=1S/C12H22N4O.2ClH/c1-8-6-10(3)16(15-8)11(4)12(17)14-7-9(2)13-5;;/h6,9,11,13H,7H2,1-5H3,(H,14,17);2*1H. The molecule has 0 aliphatic rings. The number of nitrogens with one attached hydrogen (secondary N) is 2. The summed E-state index contributed by atoms with van der Waals surface area (Å²) < 4.78 is 1.76. The topological polar surface area (TPSA) is 58.9 Å². The molecule has 0 aliphatic heterocycles. The van der Waals surface area contributed by atoms with E-state index in [9.17, 15) is 4.79 Å². The van der Waals surface area contributed by atoms with Crippen molar-refractivity contribution in [2.45, 2.75) is 39.8 Å². The summed E-state index contributed by atoms with van der Waals surface area (Å²) in [5.74, 6) is -0.00157. The second-order valence-corrected chi connectivity index (χ2v) is 4.48. The van der Waals surface area contributed by atoms with Gasteiger partial charge in [0.25, 0.3) is 0 Å². The van der Waals surface area contributed by atoms with Crippen molar-refractivity contribution in [1.82, 2.24) is 20.4 Å². The molecule has 0 aliphatic carbocycles. The lowest BCUT2D eigenvalue weighted by Crippen LogP contribution is -2.40. The monoisotopic (exact) mass is 310 g/mol. The number of aryl methyl sites for hydroxylation is 2. The van der Waals surface area contributed by atoms with Crippen LogP contribution in [0, 0.1) is 13.8 Å². The van der Waals surface area contributed by atoms with Crippen LogP contribution >= 0.6 is 24.8 Å². The highest BCUT2D eigenvalue weighted by molar-refractivity contribution is 5.85. The summed E-state index contributed by atoms with van der Waals surface area (Å²) in [6, 6.07) is 1.97. The molecule has 1 rings (SSSR count). The van der Waals surface area contributed by atoms with Crippen molar-refractivity contribution in [1.29, 1.82) is 0 Å². The maximum Gasteiger partial charge on any atom is 0.244 e. The van der Waals surface area contributed by atoms with Crippen LogP contribution in [0.1, 0.15) is 31.3 Å². The summed E-state index contributed by atoms with van der Waals surface area (Å²) in [6.07, 6.45) is 0. The Morgan fingerprint density at radius 2 is 1.95 bits per heavy atom. The molecule has 1 aromatic rings. The van der Waals surface area contributed by atoms with Crippen LogP contribution in [0.3, 0.4) is 0 Å². The SMILES string of the molecule is CNC(C)CNC(=O)C(C)n1nc(C)cc1C.Cl.Cl. The summed E-state index contributed by atoms with van der Waals surface area (Å²) in [4.78, 5) is 11.9. The highest BCUT2D eigenvalue weighted by atomic mass is 35.5. The zero-order valence-electron chi connectivity index (χ0n) is 12.1. The molecule has 0 bridgehead atoms. The Hall–Kier alpha value is -0.780. The van der Waals surface area contributed by atoms with Gasteiger partial charge >= 0.3 is 0 Å². The van der Waals surface area contributed by atoms with Gasteiger partial charge in [0.05, 0.1) is 5.69 Å². The quantitative estimate of drug-likeness (QED) is 0.869. The van der Waals surface area contributed by atoms with Crippen LogP contribution in [0.4, 0.5) is 0 Å². The van der Waals surface area contributed by atoms with Gasteiger partial charge in [-0.2, -0.15) is 5.10 Å². The molecule has 2 N–H and O–H groups in total. The van der Waals surface area contributed by atoms with Gasteiger partial charge in [-0.1, -0.05) is 0 Å². The number of hydrogen-bond donors (Lipinski definition) is 2. The van der Waals surface area contributed by atoms with Crippen LogP contribution in [0.15, 0.2) is 6.07 Å². The first-order chi connectivity index (χ1) is 7.95. The van der Waals surface area contributed by atoms with Crippen LogP contribution in [-0.4, -0.2) is 35.3 Å². The maximum absolute atomic E-state index is 11.9. The zero-order chi connectivity index (χ0) is 13.0. The molecule has 1 aromatic heterocycles. The number of amides is 1. The van der Waals surface area contributed by atoms with Gasteiger partial charge in [-0.3, -0.25) is 9.48 Å². The van der Waals surface area contributed by atoms with Gasteiger partial charge in [0, 0.05) is 18.3 Å². The molecule has 7 heteroatoms. The van der Waals surface area contributed by atoms with E-state index < -0.39 is 0 Å². The van der Waals surface area contributed by atoms with E-state index in [1.807, 2.05) is 40.8 Å². The third kappa shape index (κ3) is 5.80. The Morgan fingerprint density at radius 1 is 1.37 bits per heavy atom. The molecule has 0 spiro atoms. The molecule has 0 radical (unpaired) electrons. The smallest absolute Gasteiger partial charge is 0.244 e. The number of carbonyl (C=O) groups is 1. The third-order valence-corrected chi connectivity index (χ3v) is 2.87. The minimum Gasteiger partial charge on any atom is -0.353 e. The Morgan fingerprint density at radius 3 is 2.37 bits per heavy atom. The number of aromatic nitrogens is 2. The Labute approximate surface area is 127 Å². The largest absolute Gasteiger partial charge is 0.353 e. The van der Waals surface area contributed by atoms with E-state index in [1.54, 1.807) is 4.68 Å².